The molecule has 0 rings (SSSR count). The smallest absolute Gasteiger partial charge is 0.359 e. The van der Waals surface area contributed by atoms with Crippen LogP contribution in [0.1, 0.15) is 0 Å². The summed E-state index contributed by atoms with van der Waals surface area (Å²) in [7, 11) is 0. The summed E-state index contributed by atoms with van der Waals surface area (Å²) in [6.45, 7) is 0. The van der Waals surface area contributed by atoms with Crippen LogP contribution >= 0.6 is 0 Å². The molecule has 0 aromatic carbocycles. The van der Waals surface area contributed by atoms with E-state index in [1.165, 1.54) is 0 Å². The molecule has 0 bridgehead atoms. The van der Waals surface area contributed by atoms with E-state index in [2.05, 4.69) is 0 Å². The zero-order valence-corrected chi connectivity index (χ0v) is 19.4. The van der Waals surface area contributed by atoms with Gasteiger partial charge in [-0.1, -0.05) is 0 Å². The van der Waals surface area contributed by atoms with Gasteiger partial charge in [0.2, 0.25) is 0 Å². The summed E-state index contributed by atoms with van der Waals surface area (Å²) in [6.07, 6.45) is -14.3. The minimum absolute atomic E-state index is 5.94. The monoisotopic (exact) mass is 768 g/mol. The minimum Gasteiger partial charge on any atom is -0.359 e. The predicted octanol–water partition coefficient (Wildman–Crippen LogP) is 9.10. The Bertz CT molecular complexity index is 1110. The van der Waals surface area contributed by atoms with Gasteiger partial charge in [0.15, 0.2) is 0 Å². The van der Waals surface area contributed by atoms with Gasteiger partial charge in [0, 0.05) is 0 Å². The van der Waals surface area contributed by atoms with Crippen LogP contribution in [0.3, 0.4) is 0 Å². The molecule has 0 fully saturated rings. The summed E-state index contributed by atoms with van der Waals surface area (Å²) < 4.78 is 394. The quantitative estimate of drug-likeness (QED) is 0.186. The highest BCUT2D eigenvalue weighted by Gasteiger charge is 3.01. The van der Waals surface area contributed by atoms with Crippen molar-refractivity contribution in [2.75, 3.05) is 0 Å². The van der Waals surface area contributed by atoms with Gasteiger partial charge >= 0.3 is 83.2 Å². The van der Waals surface area contributed by atoms with Crippen molar-refractivity contribution in [3.63, 3.8) is 0 Å². The highest BCUT2D eigenvalue weighted by Crippen LogP contribution is 2.69. The number of hydrogen-bond acceptors (Lipinski definition) is 1. The van der Waals surface area contributed by atoms with E-state index in [4.69, 9.17) is 5.11 Å². The normalized spacial score (nSPS) is 17.8. The van der Waals surface area contributed by atoms with E-state index >= 15 is 0 Å². The summed E-state index contributed by atoms with van der Waals surface area (Å²) in [6, 6.07) is 0. The van der Waals surface area contributed by atoms with Gasteiger partial charge in [-0.25, -0.2) is 4.39 Å². The van der Waals surface area contributed by atoms with Crippen LogP contribution in [0.4, 0.5) is 132 Å². The lowest BCUT2D eigenvalue weighted by Gasteiger charge is -2.46. The van der Waals surface area contributed by atoms with Gasteiger partial charge < -0.3 is 5.11 Å². The molecule has 0 amide bonds. The fourth-order valence-electron chi connectivity index (χ4n) is 2.51. The zero-order chi connectivity index (χ0) is 38.6. The molecule has 0 aliphatic heterocycles. The lowest BCUT2D eigenvalue weighted by molar-refractivity contribution is -0.488. The second-order valence-corrected chi connectivity index (χ2v) is 8.35. The molecule has 0 heterocycles. The van der Waals surface area contributed by atoms with Crippen LogP contribution in [0.25, 0.3) is 0 Å². The zero-order valence-electron chi connectivity index (χ0n) is 19.4. The van der Waals surface area contributed by atoms with E-state index in [1.807, 2.05) is 0 Å². The average molecular weight is 768 g/mol. The minimum atomic E-state index is -10.0. The number of aliphatic hydroxyl groups excluding tert-OH is 1. The molecule has 0 aliphatic rings. The van der Waals surface area contributed by atoms with Crippen molar-refractivity contribution in [1.29, 1.82) is 0 Å². The Balaban J connectivity index is 7.57. The van der Waals surface area contributed by atoms with Crippen LogP contribution in [0.5, 0.6) is 0 Å². The van der Waals surface area contributed by atoms with Crippen molar-refractivity contribution in [3.8, 4) is 0 Å². The third-order valence-electron chi connectivity index (χ3n) is 5.41. The molecule has 278 valence electrons. The highest BCUT2D eigenvalue weighted by molar-refractivity contribution is 5.21. The summed E-state index contributed by atoms with van der Waals surface area (Å²) in [4.78, 5) is 0. The number of aliphatic hydroxyl groups is 1. The third-order valence-corrected chi connectivity index (χ3v) is 5.41. The molecule has 0 aliphatic carbocycles. The first-order valence-electron chi connectivity index (χ1n) is 9.50. The van der Waals surface area contributed by atoms with Crippen molar-refractivity contribution < 1.29 is 137 Å². The van der Waals surface area contributed by atoms with Crippen molar-refractivity contribution in [2.24, 2.45) is 0 Å². The molecule has 46 heavy (non-hydrogen) atoms. The Kier molecular flexibility index (Phi) is 9.94. The molecule has 0 aromatic heterocycles. The number of halogens is 30. The lowest BCUT2D eigenvalue weighted by Crippen LogP contribution is -2.79. The summed E-state index contributed by atoms with van der Waals surface area (Å²) >= 11 is 0. The Labute approximate surface area is 228 Å². The summed E-state index contributed by atoms with van der Waals surface area (Å²) in [5.41, 5.74) is 0. The number of hydrogen-bond donors (Lipinski definition) is 1. The first-order valence-corrected chi connectivity index (χ1v) is 9.50. The SMILES string of the molecule is OC(F)C(F)(F)C(F)(F)C(F)(F)C(F)(F)C(F)(F)C(F)(F)C(F)(F)C(F)(F)C(F)(F)C(F)(F)C(F)(F)C(F)(F)C(F)(F)C(F)(F)F. The number of rotatable bonds is 13. The van der Waals surface area contributed by atoms with Gasteiger partial charge in [0.1, 0.15) is 0 Å². The maximum atomic E-state index is 13.6. The fourth-order valence-corrected chi connectivity index (χ4v) is 2.51. The first-order chi connectivity index (χ1) is 19.2. The van der Waals surface area contributed by atoms with E-state index in [0.717, 1.165) is 0 Å². The molecule has 0 saturated heterocycles. The molecular formula is C15H2F30O. The van der Waals surface area contributed by atoms with Crippen LogP contribution in [-0.4, -0.2) is 94.6 Å². The predicted molar refractivity (Wildman–Crippen MR) is 77.5 cm³/mol. The van der Waals surface area contributed by atoms with Gasteiger partial charge in [0.05, 0.1) is 0 Å². The van der Waals surface area contributed by atoms with Crippen LogP contribution in [0, 0.1) is 0 Å². The van der Waals surface area contributed by atoms with E-state index in [9.17, 15) is 132 Å². The van der Waals surface area contributed by atoms with Crippen molar-refractivity contribution in [3.05, 3.63) is 0 Å². The summed E-state index contributed by atoms with van der Waals surface area (Å²) in [5.74, 6) is -123. The van der Waals surface area contributed by atoms with Gasteiger partial charge in [-0.2, -0.15) is 127 Å². The van der Waals surface area contributed by atoms with Crippen LogP contribution in [0.15, 0.2) is 0 Å². The Morgan fingerprint density at radius 2 is 0.370 bits per heavy atom. The highest BCUT2D eigenvalue weighted by atomic mass is 19.4. The average Bonchev–Trinajstić information content (AvgIpc) is 2.81. The standard InChI is InChI=1S/C15H2F30O/c16-1(46)2(17,18)3(19,20)4(21,22)5(23,24)6(25,26)7(27,28)8(29,30)9(31,32)10(33,34)11(35,36)12(37,38)13(39,40)14(41,42)15(43,44)45/h1,46H. The van der Waals surface area contributed by atoms with Crippen molar-refractivity contribution in [2.45, 2.75) is 89.5 Å². The maximum Gasteiger partial charge on any atom is 0.460 e. The van der Waals surface area contributed by atoms with Crippen LogP contribution < -0.4 is 0 Å². The van der Waals surface area contributed by atoms with Crippen molar-refractivity contribution >= 4 is 0 Å². The molecule has 0 aromatic rings. The fraction of sp³-hybridized carbons (Fsp3) is 1.00. The van der Waals surface area contributed by atoms with E-state index in [0.29, 0.717) is 0 Å². The molecule has 1 unspecified atom stereocenters. The van der Waals surface area contributed by atoms with Gasteiger partial charge in [-0.3, -0.25) is 0 Å². The Morgan fingerprint density at radius 3 is 0.500 bits per heavy atom. The van der Waals surface area contributed by atoms with Gasteiger partial charge in [-0.15, -0.1) is 0 Å². The van der Waals surface area contributed by atoms with E-state index in [1.54, 1.807) is 0 Å². The van der Waals surface area contributed by atoms with E-state index in [-0.39, 0.29) is 0 Å². The first kappa shape index (κ1) is 43.9. The molecule has 1 atom stereocenters. The molecule has 0 spiro atoms. The van der Waals surface area contributed by atoms with Gasteiger partial charge in [-0.05, 0) is 0 Å². The van der Waals surface area contributed by atoms with Crippen molar-refractivity contribution in [1.82, 2.24) is 0 Å². The lowest BCUT2D eigenvalue weighted by atomic mass is 9.83. The summed E-state index contributed by atoms with van der Waals surface area (Å²) in [5, 5.41) is 7.62. The molecule has 1 N–H and O–H groups in total. The molecule has 0 saturated carbocycles. The number of alkyl halides is 30. The van der Waals surface area contributed by atoms with E-state index < -0.39 is 89.5 Å². The van der Waals surface area contributed by atoms with Crippen LogP contribution in [-0.2, 0) is 0 Å². The third kappa shape index (κ3) is 4.78. The molecule has 1 nitrogen and oxygen atoms in total. The van der Waals surface area contributed by atoms with Crippen LogP contribution in [0.2, 0.25) is 0 Å². The second-order valence-electron chi connectivity index (χ2n) is 8.35. The Morgan fingerprint density at radius 1 is 0.239 bits per heavy atom. The van der Waals surface area contributed by atoms with Gasteiger partial charge in [0.25, 0.3) is 6.36 Å². The second kappa shape index (κ2) is 10.4. The molecule has 31 heteroatoms. The molecular weight excluding hydrogens is 766 g/mol. The topological polar surface area (TPSA) is 20.2 Å². The largest absolute Gasteiger partial charge is 0.460 e. The Hall–Kier alpha value is -2.14. The maximum absolute atomic E-state index is 13.6. The molecule has 0 radical (unpaired) electrons.